The number of carbonyl (C=O) groups is 1. The molecule has 0 unspecified atom stereocenters. The number of benzene rings is 1. The van der Waals surface area contributed by atoms with Gasteiger partial charge in [0.2, 0.25) is 0 Å². The quantitative estimate of drug-likeness (QED) is 0.729. The number of amides is 2. The first-order valence-corrected chi connectivity index (χ1v) is 5.48. The molecule has 1 heterocycles. The highest BCUT2D eigenvalue weighted by Gasteiger charge is 1.92. The number of nitrogens with zero attached hydrogens (tertiary/aromatic N) is 1. The summed E-state index contributed by atoms with van der Waals surface area (Å²) in [6.45, 7) is 0. The van der Waals surface area contributed by atoms with Gasteiger partial charge in [0.25, 0.3) is 0 Å². The largest absolute Gasteiger partial charge is 0.350 e. The molecule has 0 bridgehead atoms. The van der Waals surface area contributed by atoms with E-state index in [1.165, 1.54) is 0 Å². The minimum atomic E-state index is -0.634. The molecule has 18 heavy (non-hydrogen) atoms. The summed E-state index contributed by atoms with van der Waals surface area (Å²) in [5, 5.41) is 0.639. The van der Waals surface area contributed by atoms with Crippen LogP contribution in [0.4, 0.5) is 10.5 Å². The Labute approximate surface area is 110 Å². The first-order valence-electron chi connectivity index (χ1n) is 5.10. The fraction of sp³-hybridized carbons (Fsp3) is 0. The molecule has 94 valence electrons. The van der Waals surface area contributed by atoms with Gasteiger partial charge in [-0.25, -0.2) is 4.79 Å². The molecule has 1 aromatic heterocycles. The molecule has 6 heteroatoms. The van der Waals surface area contributed by atoms with Gasteiger partial charge >= 0.3 is 6.03 Å². The number of hydrogen-bond acceptors (Lipinski definition) is 3. The van der Waals surface area contributed by atoms with E-state index in [9.17, 15) is 4.79 Å². The molecule has 0 aliphatic rings. The van der Waals surface area contributed by atoms with E-state index in [1.807, 2.05) is 18.2 Å². The van der Waals surface area contributed by atoms with Crippen LogP contribution in [0.2, 0.25) is 5.02 Å². The summed E-state index contributed by atoms with van der Waals surface area (Å²) in [5.74, 6) is 0. The van der Waals surface area contributed by atoms with Gasteiger partial charge in [-0.15, -0.1) is 0 Å². The Morgan fingerprint density at radius 3 is 2.11 bits per heavy atom. The summed E-state index contributed by atoms with van der Waals surface area (Å²) >= 11 is 5.63. The highest BCUT2D eigenvalue weighted by Crippen LogP contribution is 2.12. The van der Waals surface area contributed by atoms with Crippen molar-refractivity contribution in [2.45, 2.75) is 0 Å². The first kappa shape index (κ1) is 13.8. The topological polar surface area (TPSA) is 80.0 Å². The van der Waals surface area contributed by atoms with Crippen molar-refractivity contribution < 1.29 is 4.79 Å². The molecule has 0 fully saturated rings. The molecular formula is C12H13ClN4O. The van der Waals surface area contributed by atoms with E-state index in [2.05, 4.69) is 15.8 Å². The van der Waals surface area contributed by atoms with Gasteiger partial charge in [-0.1, -0.05) is 17.7 Å². The Hall–Kier alpha value is -2.27. The van der Waals surface area contributed by atoms with Crippen LogP contribution in [0, 0.1) is 0 Å². The van der Waals surface area contributed by atoms with Crippen LogP contribution >= 0.6 is 11.6 Å². The fourth-order valence-corrected chi connectivity index (χ4v) is 1.11. The second-order valence-corrected chi connectivity index (χ2v) is 3.58. The monoisotopic (exact) mass is 264 g/mol. The summed E-state index contributed by atoms with van der Waals surface area (Å²) in [4.78, 5) is 14.0. The average molecular weight is 265 g/mol. The molecule has 1 aromatic carbocycles. The molecular weight excluding hydrogens is 252 g/mol. The predicted molar refractivity (Wildman–Crippen MR) is 72.0 cm³/mol. The minimum Gasteiger partial charge on any atom is -0.350 e. The summed E-state index contributed by atoms with van der Waals surface area (Å²) in [6.07, 6.45) is 3.50. The number of nitrogens with two attached hydrogens (primary N) is 1. The second-order valence-electron chi connectivity index (χ2n) is 3.15. The van der Waals surface area contributed by atoms with E-state index >= 15 is 0 Å². The third-order valence-corrected chi connectivity index (χ3v) is 1.99. The van der Waals surface area contributed by atoms with Gasteiger partial charge in [0.1, 0.15) is 0 Å². The number of urea groups is 1. The van der Waals surface area contributed by atoms with E-state index in [1.54, 1.807) is 36.7 Å². The molecule has 0 atom stereocenters. The first-order chi connectivity index (χ1) is 8.68. The minimum absolute atomic E-state index is 0.634. The van der Waals surface area contributed by atoms with Crippen molar-refractivity contribution in [3.8, 4) is 0 Å². The van der Waals surface area contributed by atoms with Gasteiger partial charge in [0.15, 0.2) is 0 Å². The second kappa shape index (κ2) is 7.92. The van der Waals surface area contributed by atoms with Gasteiger partial charge in [0, 0.05) is 17.4 Å². The van der Waals surface area contributed by atoms with Crippen molar-refractivity contribution in [2.75, 3.05) is 5.43 Å². The maximum absolute atomic E-state index is 10.3. The number of hydrogen-bond donors (Lipinski definition) is 3. The molecule has 0 saturated heterocycles. The maximum atomic E-state index is 10.3. The smallest absolute Gasteiger partial charge is 0.330 e. The maximum Gasteiger partial charge on any atom is 0.330 e. The molecule has 5 nitrogen and oxygen atoms in total. The van der Waals surface area contributed by atoms with Gasteiger partial charge in [-0.05, 0) is 36.4 Å². The van der Waals surface area contributed by atoms with Gasteiger partial charge in [0.05, 0.1) is 5.69 Å². The zero-order valence-corrected chi connectivity index (χ0v) is 10.3. The van der Waals surface area contributed by atoms with E-state index in [-0.39, 0.29) is 0 Å². The zero-order valence-electron chi connectivity index (χ0n) is 9.51. The van der Waals surface area contributed by atoms with Crippen LogP contribution in [0.1, 0.15) is 0 Å². The Balaban J connectivity index is 0.000000225. The van der Waals surface area contributed by atoms with Gasteiger partial charge < -0.3 is 5.73 Å². The number of rotatable bonds is 2. The summed E-state index contributed by atoms with van der Waals surface area (Å²) in [6, 6.07) is 11.9. The molecule has 0 aliphatic heterocycles. The normalized spacial score (nSPS) is 8.72. The predicted octanol–water partition coefficient (Wildman–Crippen LogP) is 2.42. The number of pyridine rings is 1. The van der Waals surface area contributed by atoms with Crippen LogP contribution in [0.25, 0.3) is 0 Å². The molecule has 0 radical (unpaired) electrons. The molecule has 0 saturated carbocycles. The Bertz CT molecular complexity index is 435. The highest BCUT2D eigenvalue weighted by molar-refractivity contribution is 6.30. The number of nitrogens with one attached hydrogen (secondary N) is 2. The summed E-state index contributed by atoms with van der Waals surface area (Å²) in [7, 11) is 0. The summed E-state index contributed by atoms with van der Waals surface area (Å²) in [5.41, 5.74) is 10.4. The number of aromatic nitrogens is 1. The standard InChI is InChI=1S/C7H8ClN3O.C5H5N/c8-5-1-3-6(4-2-5)10-11-7(9)12;1-2-4-6-5-3-1/h1-4,10H,(H3,9,11,12);1-5H. The SMILES string of the molecule is NC(=O)NNc1ccc(Cl)cc1.c1ccncc1. The van der Waals surface area contributed by atoms with Gasteiger partial charge in [-0.3, -0.25) is 15.8 Å². The Morgan fingerprint density at radius 2 is 1.72 bits per heavy atom. The van der Waals surface area contributed by atoms with Crippen LogP contribution < -0.4 is 16.6 Å². The lowest BCUT2D eigenvalue weighted by molar-refractivity contribution is 0.250. The van der Waals surface area contributed by atoms with Crippen LogP contribution in [0.5, 0.6) is 0 Å². The Kier molecular flexibility index (Phi) is 6.07. The third-order valence-electron chi connectivity index (χ3n) is 1.74. The third kappa shape index (κ3) is 6.34. The van der Waals surface area contributed by atoms with Crippen molar-refractivity contribution >= 4 is 23.3 Å². The zero-order chi connectivity index (χ0) is 13.2. The van der Waals surface area contributed by atoms with Crippen molar-refractivity contribution in [3.63, 3.8) is 0 Å². The van der Waals surface area contributed by atoms with Crippen LogP contribution in [0.15, 0.2) is 54.9 Å². The summed E-state index contributed by atoms with van der Waals surface area (Å²) < 4.78 is 0. The number of hydrazine groups is 1. The van der Waals surface area contributed by atoms with Crippen LogP contribution in [0.3, 0.4) is 0 Å². The molecule has 2 rings (SSSR count). The van der Waals surface area contributed by atoms with E-state index in [0.717, 1.165) is 5.69 Å². The van der Waals surface area contributed by atoms with Crippen molar-refractivity contribution in [1.82, 2.24) is 10.4 Å². The van der Waals surface area contributed by atoms with E-state index < -0.39 is 6.03 Å². The lowest BCUT2D eigenvalue weighted by Crippen LogP contribution is -2.34. The lowest BCUT2D eigenvalue weighted by Gasteiger charge is -2.04. The number of primary amides is 1. The Morgan fingerprint density at radius 1 is 1.11 bits per heavy atom. The van der Waals surface area contributed by atoms with Crippen LogP contribution in [-0.4, -0.2) is 11.0 Å². The number of anilines is 1. The molecule has 2 aromatic rings. The van der Waals surface area contributed by atoms with Crippen molar-refractivity contribution in [3.05, 3.63) is 59.9 Å². The fourth-order valence-electron chi connectivity index (χ4n) is 0.980. The van der Waals surface area contributed by atoms with E-state index in [0.29, 0.717) is 5.02 Å². The number of halogens is 1. The van der Waals surface area contributed by atoms with Crippen molar-refractivity contribution in [1.29, 1.82) is 0 Å². The molecule has 0 spiro atoms. The molecule has 0 aliphatic carbocycles. The lowest BCUT2D eigenvalue weighted by atomic mass is 10.3. The van der Waals surface area contributed by atoms with Crippen LogP contribution in [-0.2, 0) is 0 Å². The highest BCUT2D eigenvalue weighted by atomic mass is 35.5. The number of carbonyl (C=O) groups excluding carboxylic acids is 1. The average Bonchev–Trinajstić information content (AvgIpc) is 2.41. The van der Waals surface area contributed by atoms with E-state index in [4.69, 9.17) is 17.3 Å². The van der Waals surface area contributed by atoms with Crippen molar-refractivity contribution in [2.24, 2.45) is 5.73 Å². The molecule has 2 amide bonds. The molecule has 4 N–H and O–H groups in total. The van der Waals surface area contributed by atoms with Gasteiger partial charge in [-0.2, -0.15) is 0 Å².